The van der Waals surface area contributed by atoms with E-state index in [1.54, 1.807) is 6.07 Å². The highest BCUT2D eigenvalue weighted by molar-refractivity contribution is 7.89. The van der Waals surface area contributed by atoms with Crippen molar-refractivity contribution in [2.24, 2.45) is 0 Å². The van der Waals surface area contributed by atoms with E-state index in [2.05, 4.69) is 5.32 Å². The predicted octanol–water partition coefficient (Wildman–Crippen LogP) is 2.34. The summed E-state index contributed by atoms with van der Waals surface area (Å²) in [4.78, 5) is 12.3. The van der Waals surface area contributed by atoms with E-state index in [4.69, 9.17) is 11.6 Å². The number of carbonyl (C=O) groups is 1. The number of rotatable bonds is 3. The van der Waals surface area contributed by atoms with Crippen LogP contribution < -0.4 is 5.32 Å². The van der Waals surface area contributed by atoms with Crippen LogP contribution in [0.4, 0.5) is 4.39 Å². The lowest BCUT2D eigenvalue weighted by Crippen LogP contribution is -2.52. The Morgan fingerprint density at radius 3 is 2.46 bits per heavy atom. The molecule has 0 saturated carbocycles. The van der Waals surface area contributed by atoms with Crippen molar-refractivity contribution in [3.8, 4) is 0 Å². The molecule has 1 fully saturated rings. The maximum atomic E-state index is 14.1. The van der Waals surface area contributed by atoms with Crippen molar-refractivity contribution in [3.05, 3.63) is 64.9 Å². The van der Waals surface area contributed by atoms with Crippen LogP contribution in [0.2, 0.25) is 5.02 Å². The Kier molecular flexibility index (Phi) is 4.58. The molecule has 2 aromatic rings. The molecule has 8 heteroatoms. The average Bonchev–Trinajstić information content (AvgIpc) is 2.56. The Bertz CT molecular complexity index is 871. The van der Waals surface area contributed by atoms with Gasteiger partial charge in [-0.1, -0.05) is 29.8 Å². The van der Waals surface area contributed by atoms with Crippen LogP contribution in [0.3, 0.4) is 0 Å². The summed E-state index contributed by atoms with van der Waals surface area (Å²) in [7, 11) is -3.98. The van der Waals surface area contributed by atoms with E-state index in [-0.39, 0.29) is 23.5 Å². The van der Waals surface area contributed by atoms with E-state index in [0.29, 0.717) is 5.02 Å². The van der Waals surface area contributed by atoms with Gasteiger partial charge in [0.25, 0.3) is 0 Å². The molecule has 1 aliphatic rings. The zero-order valence-electron chi connectivity index (χ0n) is 12.4. The average molecular weight is 369 g/mol. The summed E-state index contributed by atoms with van der Waals surface area (Å²) in [5, 5.41) is 2.99. The van der Waals surface area contributed by atoms with Crippen molar-refractivity contribution >= 4 is 27.5 Å². The first-order valence-electron chi connectivity index (χ1n) is 7.21. The molecule has 1 atom stereocenters. The van der Waals surface area contributed by atoms with E-state index in [0.717, 1.165) is 4.31 Å². The third-order valence-electron chi connectivity index (χ3n) is 3.79. The monoisotopic (exact) mass is 368 g/mol. The molecule has 5 nitrogen and oxygen atoms in total. The number of amides is 1. The fourth-order valence-corrected chi connectivity index (χ4v) is 4.34. The first kappa shape index (κ1) is 16.9. The van der Waals surface area contributed by atoms with Crippen LogP contribution >= 0.6 is 11.6 Å². The van der Waals surface area contributed by atoms with Crippen LogP contribution in [-0.2, 0) is 14.8 Å². The van der Waals surface area contributed by atoms with Gasteiger partial charge in [-0.15, -0.1) is 0 Å². The highest BCUT2D eigenvalue weighted by Gasteiger charge is 2.40. The molecule has 1 N–H and O–H groups in total. The highest BCUT2D eigenvalue weighted by Crippen LogP contribution is 2.31. The van der Waals surface area contributed by atoms with Gasteiger partial charge < -0.3 is 5.32 Å². The normalized spacial score (nSPS) is 19.1. The molecule has 1 amide bonds. The topological polar surface area (TPSA) is 66.5 Å². The van der Waals surface area contributed by atoms with Crippen LogP contribution in [0.5, 0.6) is 0 Å². The lowest BCUT2D eigenvalue weighted by Gasteiger charge is -2.34. The standard InChI is InChI=1S/C16H14ClFN2O3S/c17-11-5-7-12(8-6-11)24(22,23)20-10-9-19-16(21)15(20)13-3-1-2-4-14(13)18/h1-8,15H,9-10H2,(H,19,21). The minimum atomic E-state index is -3.98. The number of halogens is 2. The molecule has 126 valence electrons. The third kappa shape index (κ3) is 3.02. The molecule has 0 aliphatic carbocycles. The molecule has 1 heterocycles. The Morgan fingerprint density at radius 2 is 1.79 bits per heavy atom. The van der Waals surface area contributed by atoms with E-state index in [9.17, 15) is 17.6 Å². The number of hydrogen-bond donors (Lipinski definition) is 1. The quantitative estimate of drug-likeness (QED) is 0.904. The maximum absolute atomic E-state index is 14.1. The Labute approximate surface area is 144 Å². The second-order valence-corrected chi connectivity index (χ2v) is 7.61. The van der Waals surface area contributed by atoms with E-state index in [1.165, 1.54) is 42.5 Å². The van der Waals surface area contributed by atoms with E-state index < -0.39 is 27.8 Å². The SMILES string of the molecule is O=C1NCCN(S(=O)(=O)c2ccc(Cl)cc2)C1c1ccccc1F. The smallest absolute Gasteiger partial charge is 0.244 e. The van der Waals surface area contributed by atoms with Crippen molar-refractivity contribution in [3.63, 3.8) is 0 Å². The molecule has 1 aliphatic heterocycles. The Morgan fingerprint density at radius 1 is 1.12 bits per heavy atom. The molecule has 0 spiro atoms. The van der Waals surface area contributed by atoms with Crippen molar-refractivity contribution in [2.45, 2.75) is 10.9 Å². The number of sulfonamides is 1. The zero-order valence-corrected chi connectivity index (χ0v) is 14.0. The number of benzene rings is 2. The Balaban J connectivity index is 2.08. The molecule has 0 aromatic heterocycles. The van der Waals surface area contributed by atoms with Gasteiger partial charge in [-0.05, 0) is 30.3 Å². The second kappa shape index (κ2) is 6.51. The van der Waals surface area contributed by atoms with Gasteiger partial charge in [0.05, 0.1) is 4.90 Å². The molecule has 3 rings (SSSR count). The van der Waals surface area contributed by atoms with Crippen molar-refractivity contribution in [1.82, 2.24) is 9.62 Å². The summed E-state index contributed by atoms with van der Waals surface area (Å²) in [5.74, 6) is -1.18. The third-order valence-corrected chi connectivity index (χ3v) is 5.92. The Hall–Kier alpha value is -1.96. The van der Waals surface area contributed by atoms with Crippen LogP contribution in [0.15, 0.2) is 53.4 Å². The summed E-state index contributed by atoms with van der Waals surface area (Å²) >= 11 is 5.79. The van der Waals surface area contributed by atoms with Gasteiger partial charge in [-0.2, -0.15) is 4.31 Å². The number of nitrogens with one attached hydrogen (secondary N) is 1. The number of carbonyl (C=O) groups excluding carboxylic acids is 1. The summed E-state index contributed by atoms with van der Waals surface area (Å²) in [5.41, 5.74) is 0.0206. The van der Waals surface area contributed by atoms with E-state index >= 15 is 0 Å². The number of nitrogens with zero attached hydrogens (tertiary/aromatic N) is 1. The van der Waals surface area contributed by atoms with Crippen molar-refractivity contribution in [1.29, 1.82) is 0 Å². The van der Waals surface area contributed by atoms with Crippen molar-refractivity contribution in [2.75, 3.05) is 13.1 Å². The minimum Gasteiger partial charge on any atom is -0.353 e. The summed E-state index contributed by atoms with van der Waals surface area (Å²) in [6, 6.07) is 10.0. The molecule has 0 bridgehead atoms. The first-order valence-corrected chi connectivity index (χ1v) is 9.02. The van der Waals surface area contributed by atoms with Gasteiger partial charge in [-0.25, -0.2) is 12.8 Å². The van der Waals surface area contributed by atoms with Gasteiger partial charge >= 0.3 is 0 Å². The predicted molar refractivity (Wildman–Crippen MR) is 87.5 cm³/mol. The van der Waals surface area contributed by atoms with Gasteiger partial charge in [-0.3, -0.25) is 4.79 Å². The highest BCUT2D eigenvalue weighted by atomic mass is 35.5. The summed E-state index contributed by atoms with van der Waals surface area (Å²) < 4.78 is 41.0. The van der Waals surface area contributed by atoms with Gasteiger partial charge in [0.15, 0.2) is 0 Å². The van der Waals surface area contributed by atoms with E-state index in [1.807, 2.05) is 0 Å². The second-order valence-electron chi connectivity index (χ2n) is 5.28. The van der Waals surface area contributed by atoms with Crippen LogP contribution in [0.1, 0.15) is 11.6 Å². The van der Waals surface area contributed by atoms with Crippen LogP contribution in [-0.4, -0.2) is 31.7 Å². The molecule has 0 radical (unpaired) electrons. The van der Waals surface area contributed by atoms with Crippen LogP contribution in [0.25, 0.3) is 0 Å². The fourth-order valence-electron chi connectivity index (χ4n) is 2.64. The van der Waals surface area contributed by atoms with Gasteiger partial charge in [0, 0.05) is 23.7 Å². The largest absolute Gasteiger partial charge is 0.353 e. The maximum Gasteiger partial charge on any atom is 0.244 e. The molecule has 1 saturated heterocycles. The number of piperazine rings is 1. The summed E-state index contributed by atoms with van der Waals surface area (Å²) in [6.07, 6.45) is 0. The fraction of sp³-hybridized carbons (Fsp3) is 0.188. The van der Waals surface area contributed by atoms with Gasteiger partial charge in [0.2, 0.25) is 15.9 Å². The molecule has 1 unspecified atom stereocenters. The molecule has 24 heavy (non-hydrogen) atoms. The zero-order chi connectivity index (χ0) is 17.3. The molecule has 2 aromatic carbocycles. The summed E-state index contributed by atoms with van der Waals surface area (Å²) in [6.45, 7) is 0.215. The minimum absolute atomic E-state index is 0.00272. The van der Waals surface area contributed by atoms with Crippen molar-refractivity contribution < 1.29 is 17.6 Å². The van der Waals surface area contributed by atoms with Crippen LogP contribution in [0, 0.1) is 5.82 Å². The molecular weight excluding hydrogens is 355 g/mol. The van der Waals surface area contributed by atoms with Gasteiger partial charge in [0.1, 0.15) is 11.9 Å². The lowest BCUT2D eigenvalue weighted by molar-refractivity contribution is -0.127. The first-order chi connectivity index (χ1) is 11.4. The molecular formula is C16H14ClFN2O3S. The lowest BCUT2D eigenvalue weighted by atomic mass is 10.0. The number of hydrogen-bond acceptors (Lipinski definition) is 3.